The zero-order valence-corrected chi connectivity index (χ0v) is 12.5. The Hall–Kier alpha value is -0.740. The minimum atomic E-state index is -0.412. The lowest BCUT2D eigenvalue weighted by Gasteiger charge is -2.06. The van der Waals surface area contributed by atoms with E-state index in [-0.39, 0.29) is 6.61 Å². The van der Waals surface area contributed by atoms with Crippen LogP contribution in [0.15, 0.2) is 18.2 Å². The molecule has 0 radical (unpaired) electrons. The van der Waals surface area contributed by atoms with E-state index in [1.54, 1.807) is 18.2 Å². The third kappa shape index (κ3) is 5.94. The van der Waals surface area contributed by atoms with E-state index in [4.69, 9.17) is 16.3 Å². The summed E-state index contributed by atoms with van der Waals surface area (Å²) in [4.78, 5) is 10.8. The first-order chi connectivity index (χ1) is 8.17. The van der Waals surface area contributed by atoms with Crippen LogP contribution in [0, 0.1) is 0 Å². The van der Waals surface area contributed by atoms with Gasteiger partial charge in [0.2, 0.25) is 0 Å². The average Bonchev–Trinajstić information content (AvgIpc) is 2.39. The summed E-state index contributed by atoms with van der Waals surface area (Å²) >= 11 is 9.21. The molecule has 0 heterocycles. The number of rotatable bonds is 4. The van der Waals surface area contributed by atoms with Gasteiger partial charge in [0.15, 0.2) is 6.61 Å². The SMILES string of the molecule is CC.COC(=O)COc1ccc(Cl)c(CBr)c1. The minimum absolute atomic E-state index is 0.0974. The number of carbonyl (C=O) groups is 1. The van der Waals surface area contributed by atoms with Crippen LogP contribution >= 0.6 is 27.5 Å². The Morgan fingerprint density at radius 2 is 2.06 bits per heavy atom. The highest BCUT2D eigenvalue weighted by Crippen LogP contribution is 2.23. The van der Waals surface area contributed by atoms with Crippen LogP contribution in [-0.2, 0) is 14.9 Å². The first-order valence-electron chi connectivity index (χ1n) is 5.21. The van der Waals surface area contributed by atoms with Gasteiger partial charge in [0, 0.05) is 10.4 Å². The molecule has 1 rings (SSSR count). The number of hydrogen-bond acceptors (Lipinski definition) is 3. The molecule has 3 nitrogen and oxygen atoms in total. The van der Waals surface area contributed by atoms with Crippen molar-refractivity contribution in [2.75, 3.05) is 13.7 Å². The van der Waals surface area contributed by atoms with Crippen LogP contribution in [0.4, 0.5) is 0 Å². The molecule has 0 aliphatic carbocycles. The molecule has 0 amide bonds. The molecule has 0 unspecified atom stereocenters. The largest absolute Gasteiger partial charge is 0.482 e. The average molecular weight is 324 g/mol. The molecule has 1 aromatic carbocycles. The van der Waals surface area contributed by atoms with Crippen molar-refractivity contribution in [2.45, 2.75) is 19.2 Å². The topological polar surface area (TPSA) is 35.5 Å². The van der Waals surface area contributed by atoms with Crippen molar-refractivity contribution in [1.29, 1.82) is 0 Å². The summed E-state index contributed by atoms with van der Waals surface area (Å²) < 4.78 is 9.66. The predicted octanol–water partition coefficient (Wildman–Crippen LogP) is 3.81. The summed E-state index contributed by atoms with van der Waals surface area (Å²) in [6, 6.07) is 5.21. The Labute approximate surface area is 115 Å². The second kappa shape index (κ2) is 9.31. The highest BCUT2D eigenvalue weighted by Gasteiger charge is 2.04. The smallest absolute Gasteiger partial charge is 0.343 e. The molecule has 0 atom stereocenters. The summed E-state index contributed by atoms with van der Waals surface area (Å²) in [6.07, 6.45) is 0. The molecule has 0 aliphatic heterocycles. The number of benzene rings is 1. The molecule has 0 spiro atoms. The van der Waals surface area contributed by atoms with Crippen molar-refractivity contribution in [3.63, 3.8) is 0 Å². The second-order valence-electron chi connectivity index (χ2n) is 2.75. The van der Waals surface area contributed by atoms with E-state index in [1.807, 2.05) is 13.8 Å². The van der Waals surface area contributed by atoms with E-state index in [2.05, 4.69) is 20.7 Å². The standard InChI is InChI=1S/C10H10BrClO3.C2H6/c1-14-10(13)6-15-8-2-3-9(12)7(4-8)5-11;1-2/h2-4H,5-6H2,1H3;1-2H3. The number of esters is 1. The maximum Gasteiger partial charge on any atom is 0.343 e. The van der Waals surface area contributed by atoms with E-state index in [0.29, 0.717) is 16.1 Å². The van der Waals surface area contributed by atoms with Gasteiger partial charge in [0.25, 0.3) is 0 Å². The Balaban J connectivity index is 0.00000121. The van der Waals surface area contributed by atoms with Gasteiger partial charge in [-0.1, -0.05) is 41.4 Å². The summed E-state index contributed by atoms with van der Waals surface area (Å²) in [5.74, 6) is 0.185. The first kappa shape index (κ1) is 16.3. The van der Waals surface area contributed by atoms with E-state index < -0.39 is 5.97 Å². The van der Waals surface area contributed by atoms with Crippen LogP contribution in [0.1, 0.15) is 19.4 Å². The zero-order chi connectivity index (χ0) is 13.3. The Morgan fingerprint density at radius 3 is 2.59 bits per heavy atom. The number of alkyl halides is 1. The quantitative estimate of drug-likeness (QED) is 0.624. The summed E-state index contributed by atoms with van der Waals surface area (Å²) in [5.41, 5.74) is 0.916. The van der Waals surface area contributed by atoms with E-state index in [0.717, 1.165) is 5.56 Å². The number of halogens is 2. The molecule has 0 bridgehead atoms. The van der Waals surface area contributed by atoms with Crippen LogP contribution in [0.3, 0.4) is 0 Å². The van der Waals surface area contributed by atoms with E-state index in [9.17, 15) is 4.79 Å². The third-order valence-corrected chi connectivity index (χ3v) is 2.72. The summed E-state index contributed by atoms with van der Waals surface area (Å²) in [6.45, 7) is 3.90. The number of hydrogen-bond donors (Lipinski definition) is 0. The fourth-order valence-corrected chi connectivity index (χ4v) is 1.75. The maximum atomic E-state index is 10.8. The maximum absolute atomic E-state index is 10.8. The third-order valence-electron chi connectivity index (χ3n) is 1.75. The van der Waals surface area contributed by atoms with Crippen LogP contribution in [0.5, 0.6) is 5.75 Å². The molecular formula is C12H16BrClO3. The van der Waals surface area contributed by atoms with Gasteiger partial charge in [-0.2, -0.15) is 0 Å². The lowest BCUT2D eigenvalue weighted by Crippen LogP contribution is -2.12. The second-order valence-corrected chi connectivity index (χ2v) is 3.72. The zero-order valence-electron chi connectivity index (χ0n) is 10.1. The van der Waals surface area contributed by atoms with Crippen molar-refractivity contribution in [3.8, 4) is 5.75 Å². The van der Waals surface area contributed by atoms with Gasteiger partial charge in [0.05, 0.1) is 7.11 Å². The normalized spacial score (nSPS) is 9.00. The molecule has 17 heavy (non-hydrogen) atoms. The number of ether oxygens (including phenoxy) is 2. The van der Waals surface area contributed by atoms with Crippen LogP contribution in [-0.4, -0.2) is 19.7 Å². The van der Waals surface area contributed by atoms with Crippen LogP contribution < -0.4 is 4.74 Å². The van der Waals surface area contributed by atoms with Crippen molar-refractivity contribution in [3.05, 3.63) is 28.8 Å². The van der Waals surface area contributed by atoms with Gasteiger partial charge >= 0.3 is 5.97 Å². The molecule has 0 fully saturated rings. The van der Waals surface area contributed by atoms with Gasteiger partial charge in [-0.25, -0.2) is 4.79 Å². The molecule has 0 aliphatic rings. The van der Waals surface area contributed by atoms with E-state index in [1.165, 1.54) is 7.11 Å². The molecule has 0 saturated heterocycles. The van der Waals surface area contributed by atoms with Gasteiger partial charge in [-0.3, -0.25) is 0 Å². The molecule has 1 aromatic rings. The molecule has 5 heteroatoms. The highest BCUT2D eigenvalue weighted by molar-refractivity contribution is 9.08. The molecular weight excluding hydrogens is 307 g/mol. The number of carbonyl (C=O) groups excluding carboxylic acids is 1. The van der Waals surface area contributed by atoms with Gasteiger partial charge in [-0.15, -0.1) is 0 Å². The monoisotopic (exact) mass is 322 g/mol. The fraction of sp³-hybridized carbons (Fsp3) is 0.417. The van der Waals surface area contributed by atoms with Crippen molar-refractivity contribution < 1.29 is 14.3 Å². The summed E-state index contributed by atoms with van der Waals surface area (Å²) in [5, 5.41) is 1.30. The van der Waals surface area contributed by atoms with Crippen molar-refractivity contribution in [1.82, 2.24) is 0 Å². The van der Waals surface area contributed by atoms with Gasteiger partial charge in [-0.05, 0) is 23.8 Å². The van der Waals surface area contributed by atoms with Gasteiger partial charge in [0.1, 0.15) is 5.75 Å². The first-order valence-corrected chi connectivity index (χ1v) is 6.71. The fourth-order valence-electron chi connectivity index (χ4n) is 0.944. The van der Waals surface area contributed by atoms with Crippen molar-refractivity contribution in [2.24, 2.45) is 0 Å². The lowest BCUT2D eigenvalue weighted by molar-refractivity contribution is -0.142. The lowest BCUT2D eigenvalue weighted by atomic mass is 10.2. The van der Waals surface area contributed by atoms with E-state index >= 15 is 0 Å². The summed E-state index contributed by atoms with van der Waals surface area (Å²) in [7, 11) is 1.32. The van der Waals surface area contributed by atoms with Crippen LogP contribution in [0.2, 0.25) is 5.02 Å². The van der Waals surface area contributed by atoms with Crippen LogP contribution in [0.25, 0.3) is 0 Å². The molecule has 0 aromatic heterocycles. The highest BCUT2D eigenvalue weighted by atomic mass is 79.9. The Bertz CT molecular complexity index is 356. The number of methoxy groups -OCH3 is 1. The minimum Gasteiger partial charge on any atom is -0.482 e. The van der Waals surface area contributed by atoms with Crippen molar-refractivity contribution >= 4 is 33.5 Å². The Kier molecular flexibility index (Phi) is 8.90. The predicted molar refractivity (Wildman–Crippen MR) is 72.9 cm³/mol. The molecule has 0 N–H and O–H groups in total. The Morgan fingerprint density at radius 1 is 1.41 bits per heavy atom. The van der Waals surface area contributed by atoms with Gasteiger partial charge < -0.3 is 9.47 Å². The molecule has 96 valence electrons. The molecule has 0 saturated carbocycles.